The second-order valence-electron chi connectivity index (χ2n) is 2.57. The lowest BCUT2D eigenvalue weighted by molar-refractivity contribution is 0.121. The van der Waals surface area contributed by atoms with E-state index in [1.54, 1.807) is 21.3 Å². The molecule has 0 heterocycles. The summed E-state index contributed by atoms with van der Waals surface area (Å²) in [5.41, 5.74) is 5.17. The predicted molar refractivity (Wildman–Crippen MR) is 58.9 cm³/mol. The lowest BCUT2D eigenvalue weighted by atomic mass is 10.5. The lowest BCUT2D eigenvalue weighted by Gasteiger charge is -2.24. The van der Waals surface area contributed by atoms with Gasteiger partial charge in [-0.05, 0) is 18.6 Å². The fraction of sp³-hybridized carbons (Fsp3) is 0.857. The van der Waals surface area contributed by atoms with Crippen molar-refractivity contribution >= 4 is 26.2 Å². The molecule has 0 aromatic heterocycles. The largest absolute Gasteiger partial charge is 0.500 e. The minimum atomic E-state index is -2.45. The number of ether oxygens (including phenoxy) is 1. The third-order valence-electron chi connectivity index (χ3n) is 1.80. The van der Waals surface area contributed by atoms with E-state index < -0.39 is 8.80 Å². The Morgan fingerprint density at radius 3 is 2.07 bits per heavy atom. The third-order valence-corrected chi connectivity index (χ3v) is 4.75. The molecule has 0 aromatic rings. The summed E-state index contributed by atoms with van der Waals surface area (Å²) in [6.07, 6.45) is 0.735. The van der Waals surface area contributed by atoms with Gasteiger partial charge in [0.05, 0.1) is 6.61 Å². The molecule has 0 saturated heterocycles. The Balaban J connectivity index is 3.77. The van der Waals surface area contributed by atoms with Crippen LogP contribution in [0.3, 0.4) is 0 Å². The monoisotopic (exact) mass is 239 g/mol. The van der Waals surface area contributed by atoms with Crippen molar-refractivity contribution in [3.63, 3.8) is 0 Å². The molecule has 0 saturated carbocycles. The van der Waals surface area contributed by atoms with Gasteiger partial charge in [0.2, 0.25) is 0 Å². The fourth-order valence-corrected chi connectivity index (χ4v) is 2.79. The molecule has 0 spiro atoms. The van der Waals surface area contributed by atoms with Gasteiger partial charge in [-0.15, -0.1) is 0 Å². The van der Waals surface area contributed by atoms with Gasteiger partial charge in [-0.1, -0.05) is 0 Å². The van der Waals surface area contributed by atoms with Gasteiger partial charge in [0, 0.05) is 27.4 Å². The van der Waals surface area contributed by atoms with E-state index in [4.69, 9.17) is 23.7 Å². The van der Waals surface area contributed by atoms with Crippen molar-refractivity contribution < 1.29 is 18.0 Å². The van der Waals surface area contributed by atoms with Crippen molar-refractivity contribution in [2.45, 2.75) is 12.5 Å². The van der Waals surface area contributed by atoms with Gasteiger partial charge >= 0.3 is 8.80 Å². The van der Waals surface area contributed by atoms with Crippen LogP contribution in [0.15, 0.2) is 0 Å². The van der Waals surface area contributed by atoms with Gasteiger partial charge in [0.15, 0.2) is 0 Å². The molecular weight excluding hydrogens is 222 g/mol. The van der Waals surface area contributed by atoms with Crippen molar-refractivity contribution in [3.05, 3.63) is 0 Å². The molecule has 5 nitrogen and oxygen atoms in total. The molecule has 0 radical (unpaired) electrons. The van der Waals surface area contributed by atoms with E-state index in [9.17, 15) is 0 Å². The summed E-state index contributed by atoms with van der Waals surface area (Å²) in [7, 11) is 2.28. The highest BCUT2D eigenvalue weighted by atomic mass is 32.1. The number of nitrogens with two attached hydrogens (primary N) is 1. The maximum Gasteiger partial charge on any atom is 0.500 e. The van der Waals surface area contributed by atoms with Crippen LogP contribution in [-0.2, 0) is 18.0 Å². The normalized spacial score (nSPS) is 11.4. The van der Waals surface area contributed by atoms with Crippen molar-refractivity contribution in [1.82, 2.24) is 0 Å². The smallest absolute Gasteiger partial charge is 0.471 e. The number of thiocarbonyl (C=S) groups is 1. The number of rotatable bonds is 7. The zero-order valence-corrected chi connectivity index (χ0v) is 10.6. The second kappa shape index (κ2) is 7.13. The molecule has 0 aliphatic heterocycles. The van der Waals surface area contributed by atoms with Crippen molar-refractivity contribution in [1.29, 1.82) is 0 Å². The lowest BCUT2D eigenvalue weighted by Crippen LogP contribution is -2.42. The molecule has 0 aromatic carbocycles. The Morgan fingerprint density at radius 2 is 1.71 bits per heavy atom. The maximum absolute atomic E-state index is 5.22. The average Bonchev–Trinajstić information content (AvgIpc) is 2.19. The van der Waals surface area contributed by atoms with Gasteiger partial charge in [-0.2, -0.15) is 0 Å². The number of hydrogen-bond acceptors (Lipinski definition) is 5. The molecule has 0 fully saturated rings. The highest BCUT2D eigenvalue weighted by Crippen LogP contribution is 2.14. The van der Waals surface area contributed by atoms with E-state index in [-0.39, 0.29) is 5.17 Å². The molecule has 0 bridgehead atoms. The minimum Gasteiger partial charge on any atom is -0.471 e. The van der Waals surface area contributed by atoms with Crippen LogP contribution in [0.4, 0.5) is 0 Å². The van der Waals surface area contributed by atoms with Crippen LogP contribution in [0.5, 0.6) is 0 Å². The first-order chi connectivity index (χ1) is 6.60. The van der Waals surface area contributed by atoms with Gasteiger partial charge in [-0.25, -0.2) is 0 Å². The first-order valence-corrected chi connectivity index (χ1v) is 6.52. The van der Waals surface area contributed by atoms with Gasteiger partial charge in [0.25, 0.3) is 5.17 Å². The molecule has 0 atom stereocenters. The van der Waals surface area contributed by atoms with Crippen LogP contribution in [-0.4, -0.2) is 41.9 Å². The number of hydrogen-bond donors (Lipinski definition) is 1. The van der Waals surface area contributed by atoms with Crippen molar-refractivity contribution in [2.24, 2.45) is 5.73 Å². The Hall–Kier alpha value is -0.213. The van der Waals surface area contributed by atoms with Crippen LogP contribution in [0.25, 0.3) is 0 Å². The molecule has 0 rings (SSSR count). The molecule has 0 unspecified atom stereocenters. The Kier molecular flexibility index (Phi) is 7.02. The molecule has 0 aliphatic carbocycles. The summed E-state index contributed by atoms with van der Waals surface area (Å²) in [5, 5.41) is 0.0597. The maximum atomic E-state index is 5.22. The molecule has 14 heavy (non-hydrogen) atoms. The standard InChI is InChI=1S/C7H17NO4SSi/c1-9-14(10-2,11-3)6-4-5-12-7(8)13/h4-6H2,1-3H3,(H2,8,13). The van der Waals surface area contributed by atoms with Crippen molar-refractivity contribution in [3.8, 4) is 0 Å². The van der Waals surface area contributed by atoms with E-state index in [1.807, 2.05) is 0 Å². The van der Waals surface area contributed by atoms with Crippen LogP contribution in [0, 0.1) is 0 Å². The van der Waals surface area contributed by atoms with Gasteiger partial charge in [-0.3, -0.25) is 0 Å². The van der Waals surface area contributed by atoms with Crippen LogP contribution < -0.4 is 5.73 Å². The van der Waals surface area contributed by atoms with Crippen LogP contribution in [0.2, 0.25) is 6.04 Å². The van der Waals surface area contributed by atoms with Gasteiger partial charge < -0.3 is 23.7 Å². The summed E-state index contributed by atoms with van der Waals surface area (Å²) >= 11 is 4.56. The minimum absolute atomic E-state index is 0.0597. The second-order valence-corrected chi connectivity index (χ2v) is 6.06. The molecule has 0 aliphatic rings. The molecular formula is C7H17NO4SSi. The van der Waals surface area contributed by atoms with E-state index >= 15 is 0 Å². The molecule has 84 valence electrons. The Bertz CT molecular complexity index is 169. The highest BCUT2D eigenvalue weighted by Gasteiger charge is 2.36. The van der Waals surface area contributed by atoms with Gasteiger partial charge in [0.1, 0.15) is 0 Å². The van der Waals surface area contributed by atoms with E-state index in [2.05, 4.69) is 12.2 Å². The first kappa shape index (κ1) is 13.8. The summed E-state index contributed by atoms with van der Waals surface area (Å²) < 4.78 is 20.6. The summed E-state index contributed by atoms with van der Waals surface area (Å²) in [6.45, 7) is 0.458. The average molecular weight is 239 g/mol. The summed E-state index contributed by atoms with van der Waals surface area (Å²) in [4.78, 5) is 0. The fourth-order valence-electron chi connectivity index (χ4n) is 1.02. The summed E-state index contributed by atoms with van der Waals surface area (Å²) in [5.74, 6) is 0. The van der Waals surface area contributed by atoms with Crippen LogP contribution >= 0.6 is 12.2 Å². The van der Waals surface area contributed by atoms with Crippen LogP contribution in [0.1, 0.15) is 6.42 Å². The van der Waals surface area contributed by atoms with E-state index in [0.717, 1.165) is 6.42 Å². The topological polar surface area (TPSA) is 62.9 Å². The summed E-state index contributed by atoms with van der Waals surface area (Å²) in [6, 6.07) is 0.680. The molecule has 0 amide bonds. The van der Waals surface area contributed by atoms with E-state index in [0.29, 0.717) is 12.7 Å². The Labute approximate surface area is 90.8 Å². The zero-order valence-electron chi connectivity index (χ0n) is 8.74. The first-order valence-electron chi connectivity index (χ1n) is 4.18. The quantitative estimate of drug-likeness (QED) is 0.397. The Morgan fingerprint density at radius 1 is 1.21 bits per heavy atom. The predicted octanol–water partition coefficient (Wildman–Crippen LogP) is 0.515. The van der Waals surface area contributed by atoms with E-state index in [1.165, 1.54) is 0 Å². The third kappa shape index (κ3) is 4.87. The SMILES string of the molecule is CO[Si](CCCOC(N)=S)(OC)OC. The molecule has 7 heteroatoms. The molecule has 2 N–H and O–H groups in total. The van der Waals surface area contributed by atoms with Crippen molar-refractivity contribution in [2.75, 3.05) is 27.9 Å². The zero-order chi connectivity index (χ0) is 11.0. The highest BCUT2D eigenvalue weighted by molar-refractivity contribution is 7.80.